The Balaban J connectivity index is 0. The second kappa shape index (κ2) is 12.2. The van der Waals surface area contributed by atoms with E-state index in [4.69, 9.17) is 9.47 Å². The molecule has 0 aromatic heterocycles. The molecule has 0 radical (unpaired) electrons. The molecule has 4 heteroatoms. The van der Waals surface area contributed by atoms with Crippen LogP contribution in [0.2, 0.25) is 0 Å². The number of hydrogen-bond donors (Lipinski definition) is 0. The smallest absolute Gasteiger partial charge is 0.853 e. The Morgan fingerprint density at radius 3 is 2.50 bits per heavy atom. The molecule has 0 atom stereocenters. The molecule has 0 bridgehead atoms. The van der Waals surface area contributed by atoms with Crippen LogP contribution in [0.3, 0.4) is 0 Å². The van der Waals surface area contributed by atoms with Gasteiger partial charge >= 0.3 is 29.6 Å². The van der Waals surface area contributed by atoms with E-state index < -0.39 is 0 Å². The Bertz CT molecular complexity index is 68.0. The van der Waals surface area contributed by atoms with Gasteiger partial charge in [-0.2, -0.15) is 0 Å². The van der Waals surface area contributed by atoms with Crippen molar-refractivity contribution in [2.24, 2.45) is 0 Å². The van der Waals surface area contributed by atoms with Gasteiger partial charge in [-0.1, -0.05) is 6.58 Å². The Kier molecular flexibility index (Phi) is 15.9. The Morgan fingerprint density at radius 1 is 1.30 bits per heavy atom. The summed E-state index contributed by atoms with van der Waals surface area (Å²) in [7, 11) is 0. The molecule has 0 rings (SSSR count). The van der Waals surface area contributed by atoms with Crippen LogP contribution in [-0.4, -0.2) is 26.4 Å². The third-order valence-electron chi connectivity index (χ3n) is 0.691. The largest absolute Gasteiger partial charge is 1.00 e. The maximum Gasteiger partial charge on any atom is 1.00 e. The molecule has 0 saturated heterocycles. The average molecular weight is 154 g/mol. The molecule has 0 spiro atoms. The van der Waals surface area contributed by atoms with E-state index in [0.29, 0.717) is 13.2 Å². The van der Waals surface area contributed by atoms with Gasteiger partial charge in [0.05, 0.1) is 12.9 Å². The summed E-state index contributed by atoms with van der Waals surface area (Å²) in [6, 6.07) is 0. The first-order valence-electron chi connectivity index (χ1n) is 2.80. The van der Waals surface area contributed by atoms with Crippen LogP contribution in [0.5, 0.6) is 0 Å². The SMILES string of the molecule is C=COCCOCC[O-].[Na+]. The van der Waals surface area contributed by atoms with E-state index in [1.807, 2.05) is 0 Å². The van der Waals surface area contributed by atoms with Gasteiger partial charge in [0, 0.05) is 6.61 Å². The van der Waals surface area contributed by atoms with Crippen molar-refractivity contribution in [2.45, 2.75) is 0 Å². The predicted octanol–water partition coefficient (Wildman–Crippen LogP) is -3.47. The van der Waals surface area contributed by atoms with E-state index in [1.165, 1.54) is 6.26 Å². The molecule has 54 valence electrons. The molecule has 0 saturated carbocycles. The Labute approximate surface area is 83.3 Å². The van der Waals surface area contributed by atoms with Crippen molar-refractivity contribution < 1.29 is 44.1 Å². The van der Waals surface area contributed by atoms with Gasteiger partial charge in [-0.25, -0.2) is 0 Å². The van der Waals surface area contributed by atoms with Crippen molar-refractivity contribution in [2.75, 3.05) is 26.4 Å². The monoisotopic (exact) mass is 154 g/mol. The van der Waals surface area contributed by atoms with Crippen molar-refractivity contribution in [3.8, 4) is 0 Å². The maximum absolute atomic E-state index is 9.78. The van der Waals surface area contributed by atoms with Gasteiger partial charge in [0.1, 0.15) is 6.61 Å². The molecule has 3 nitrogen and oxygen atoms in total. The topological polar surface area (TPSA) is 41.5 Å². The van der Waals surface area contributed by atoms with Crippen LogP contribution in [0.4, 0.5) is 0 Å². The quantitative estimate of drug-likeness (QED) is 0.227. The first kappa shape index (κ1) is 13.1. The third-order valence-corrected chi connectivity index (χ3v) is 0.691. The summed E-state index contributed by atoms with van der Waals surface area (Å²) < 4.78 is 9.52. The van der Waals surface area contributed by atoms with Gasteiger partial charge in [-0.3, -0.25) is 0 Å². The summed E-state index contributed by atoms with van der Waals surface area (Å²) in [6.07, 6.45) is 1.35. The van der Waals surface area contributed by atoms with E-state index in [9.17, 15) is 5.11 Å². The molecule has 0 aromatic carbocycles. The number of ether oxygens (including phenoxy) is 2. The first-order chi connectivity index (χ1) is 4.41. The predicted molar refractivity (Wildman–Crippen MR) is 31.8 cm³/mol. The van der Waals surface area contributed by atoms with Crippen LogP contribution in [-0.2, 0) is 9.47 Å². The van der Waals surface area contributed by atoms with Crippen LogP contribution in [0.15, 0.2) is 12.8 Å². The molecule has 0 aliphatic rings. The van der Waals surface area contributed by atoms with Crippen molar-refractivity contribution in [1.82, 2.24) is 0 Å². The summed E-state index contributed by atoms with van der Waals surface area (Å²) in [5.41, 5.74) is 0. The molecule has 0 heterocycles. The summed E-state index contributed by atoms with van der Waals surface area (Å²) >= 11 is 0. The van der Waals surface area contributed by atoms with E-state index in [2.05, 4.69) is 6.58 Å². The van der Waals surface area contributed by atoms with Gasteiger partial charge in [-0.05, 0) is 0 Å². The molecule has 0 aromatic rings. The van der Waals surface area contributed by atoms with Gasteiger partial charge < -0.3 is 14.6 Å². The van der Waals surface area contributed by atoms with Gasteiger partial charge in [0.2, 0.25) is 0 Å². The molecular formula is C6H11NaO3. The van der Waals surface area contributed by atoms with E-state index in [0.717, 1.165) is 0 Å². The van der Waals surface area contributed by atoms with Crippen molar-refractivity contribution in [1.29, 1.82) is 0 Å². The van der Waals surface area contributed by atoms with Crippen LogP contribution in [0.25, 0.3) is 0 Å². The second-order valence-corrected chi connectivity index (χ2v) is 1.35. The molecule has 0 fully saturated rings. The summed E-state index contributed by atoms with van der Waals surface area (Å²) in [4.78, 5) is 0. The standard InChI is InChI=1S/C6H11O3.Na/c1-2-8-5-6-9-4-3-7;/h2H,1,3-6H2;/q-1;+1. The second-order valence-electron chi connectivity index (χ2n) is 1.35. The molecule has 0 N–H and O–H groups in total. The molecule has 0 unspecified atom stereocenters. The van der Waals surface area contributed by atoms with E-state index >= 15 is 0 Å². The average Bonchev–Trinajstić information content (AvgIpc) is 1.89. The zero-order chi connectivity index (χ0) is 6.95. The summed E-state index contributed by atoms with van der Waals surface area (Å²) in [6.45, 7) is 4.36. The van der Waals surface area contributed by atoms with E-state index in [1.54, 1.807) is 0 Å². The maximum atomic E-state index is 9.78. The Morgan fingerprint density at radius 2 is 2.00 bits per heavy atom. The normalized spacial score (nSPS) is 8.10. The molecular weight excluding hydrogens is 143 g/mol. The zero-order valence-corrected chi connectivity index (χ0v) is 8.34. The van der Waals surface area contributed by atoms with Crippen LogP contribution in [0, 0.1) is 0 Å². The minimum atomic E-state index is -0.186. The Hall–Kier alpha value is 0.460. The summed E-state index contributed by atoms with van der Waals surface area (Å²) in [5, 5.41) is 9.78. The van der Waals surface area contributed by atoms with Gasteiger partial charge in [0.25, 0.3) is 0 Å². The number of rotatable bonds is 6. The fourth-order valence-corrected chi connectivity index (χ4v) is 0.351. The van der Waals surface area contributed by atoms with Crippen molar-refractivity contribution in [3.63, 3.8) is 0 Å². The fraction of sp³-hybridized carbons (Fsp3) is 0.667. The fourth-order valence-electron chi connectivity index (χ4n) is 0.351. The minimum Gasteiger partial charge on any atom is -0.853 e. The third kappa shape index (κ3) is 11.3. The van der Waals surface area contributed by atoms with Gasteiger partial charge in [0.15, 0.2) is 0 Å². The zero-order valence-electron chi connectivity index (χ0n) is 6.34. The summed E-state index contributed by atoms with van der Waals surface area (Å²) in [5.74, 6) is 0. The molecule has 0 aliphatic carbocycles. The van der Waals surface area contributed by atoms with Crippen LogP contribution in [0.1, 0.15) is 0 Å². The number of hydrogen-bond acceptors (Lipinski definition) is 3. The van der Waals surface area contributed by atoms with Gasteiger partial charge in [-0.15, -0.1) is 6.61 Å². The minimum absolute atomic E-state index is 0. The van der Waals surface area contributed by atoms with Crippen molar-refractivity contribution >= 4 is 0 Å². The van der Waals surface area contributed by atoms with Crippen LogP contribution >= 0.6 is 0 Å². The molecule has 0 aliphatic heterocycles. The van der Waals surface area contributed by atoms with Crippen molar-refractivity contribution in [3.05, 3.63) is 12.8 Å². The molecule has 0 amide bonds. The molecule has 10 heavy (non-hydrogen) atoms. The van der Waals surface area contributed by atoms with E-state index in [-0.39, 0.29) is 42.8 Å². The van der Waals surface area contributed by atoms with Crippen LogP contribution < -0.4 is 34.7 Å². The first-order valence-corrected chi connectivity index (χ1v) is 2.80.